The van der Waals surface area contributed by atoms with Crippen molar-refractivity contribution < 1.29 is 28.6 Å². The van der Waals surface area contributed by atoms with Gasteiger partial charge >= 0.3 is 17.9 Å². The van der Waals surface area contributed by atoms with Gasteiger partial charge in [-0.2, -0.15) is 0 Å². The van der Waals surface area contributed by atoms with Crippen molar-refractivity contribution in [3.05, 3.63) is 146 Å². The van der Waals surface area contributed by atoms with E-state index in [0.29, 0.717) is 12.8 Å². The van der Waals surface area contributed by atoms with Crippen LogP contribution in [-0.2, 0) is 28.6 Å². The lowest BCUT2D eigenvalue weighted by atomic mass is 10.0. The zero-order valence-electron chi connectivity index (χ0n) is 48.3. The Kier molecular flexibility index (Phi) is 58.0. The number of rotatable bonds is 53. The molecule has 0 aliphatic heterocycles. The largest absolute Gasteiger partial charge is 0.462 e. The molecule has 0 aromatic rings. The first-order chi connectivity index (χ1) is 37.0. The number of carbonyl (C=O) groups excluding carboxylic acids is 3. The molecule has 0 aliphatic carbocycles. The summed E-state index contributed by atoms with van der Waals surface area (Å²) < 4.78 is 16.7. The molecule has 0 saturated carbocycles. The second-order valence-electron chi connectivity index (χ2n) is 19.5. The molecule has 0 amide bonds. The monoisotopic (exact) mass is 1030 g/mol. The molecule has 0 N–H and O–H groups in total. The smallest absolute Gasteiger partial charge is 0.306 e. The number of unbranched alkanes of at least 4 members (excludes halogenated alkanes) is 18. The van der Waals surface area contributed by atoms with Crippen molar-refractivity contribution in [3.8, 4) is 0 Å². The minimum absolute atomic E-state index is 0.0977. The fraction of sp³-hybridized carbons (Fsp3) is 0.609. The number of hydrogen-bond donors (Lipinski definition) is 0. The Balaban J connectivity index is 4.18. The second kappa shape index (κ2) is 61.8. The lowest BCUT2D eigenvalue weighted by Crippen LogP contribution is -2.30. The lowest BCUT2D eigenvalue weighted by Gasteiger charge is -2.18. The van der Waals surface area contributed by atoms with Gasteiger partial charge in [-0.05, 0) is 122 Å². The molecule has 0 aromatic carbocycles. The van der Waals surface area contributed by atoms with Crippen molar-refractivity contribution in [2.45, 2.75) is 258 Å². The SMILES string of the molecule is CC/C=C\C/C=C\C/C=C\C/C=C\C/C=C\C/C=C\C/C=C\CCCCCC(=O)OC(COC(=O)CCCCCCC)COC(=O)CCCCCCCCCCCCC/C=C\C/C=C\C/C=C\C/C=C\C/C=C\CC. The molecule has 1 unspecified atom stereocenters. The highest BCUT2D eigenvalue weighted by Crippen LogP contribution is 2.14. The van der Waals surface area contributed by atoms with E-state index < -0.39 is 6.10 Å². The van der Waals surface area contributed by atoms with Crippen LogP contribution in [0.3, 0.4) is 0 Å². The molecule has 0 rings (SSSR count). The number of esters is 3. The third-order valence-corrected chi connectivity index (χ3v) is 12.3. The minimum atomic E-state index is -0.800. The maximum atomic E-state index is 12.8. The van der Waals surface area contributed by atoms with Crippen LogP contribution in [0.2, 0.25) is 0 Å². The highest BCUT2D eigenvalue weighted by Gasteiger charge is 2.19. The summed E-state index contributed by atoms with van der Waals surface area (Å²) in [6, 6.07) is 0. The number of carbonyl (C=O) groups is 3. The predicted octanol–water partition coefficient (Wildman–Crippen LogP) is 20.8. The highest BCUT2D eigenvalue weighted by atomic mass is 16.6. The van der Waals surface area contributed by atoms with Gasteiger partial charge in [0.1, 0.15) is 13.2 Å². The summed E-state index contributed by atoms with van der Waals surface area (Å²) in [7, 11) is 0. The van der Waals surface area contributed by atoms with Gasteiger partial charge < -0.3 is 14.2 Å². The third kappa shape index (κ3) is 60.0. The van der Waals surface area contributed by atoms with Crippen molar-refractivity contribution in [1.82, 2.24) is 0 Å². The van der Waals surface area contributed by atoms with Crippen LogP contribution in [-0.4, -0.2) is 37.2 Å². The summed E-state index contributed by atoms with van der Waals surface area (Å²) >= 11 is 0. The van der Waals surface area contributed by atoms with E-state index in [0.717, 1.165) is 154 Å². The molecule has 75 heavy (non-hydrogen) atoms. The first-order valence-corrected chi connectivity index (χ1v) is 30.3. The van der Waals surface area contributed by atoms with Gasteiger partial charge in [0.15, 0.2) is 6.10 Å². The molecule has 6 nitrogen and oxygen atoms in total. The Morgan fingerprint density at radius 2 is 0.520 bits per heavy atom. The van der Waals surface area contributed by atoms with Gasteiger partial charge in [-0.25, -0.2) is 0 Å². The molecule has 0 heterocycles. The van der Waals surface area contributed by atoms with Crippen LogP contribution in [0.5, 0.6) is 0 Å². The molecule has 0 spiro atoms. The second-order valence-corrected chi connectivity index (χ2v) is 19.5. The first kappa shape index (κ1) is 70.3. The van der Waals surface area contributed by atoms with Crippen LogP contribution >= 0.6 is 0 Å². The quantitative estimate of drug-likeness (QED) is 0.0261. The standard InChI is InChI=1S/C69H110O6/c1-4-7-10-13-15-17-19-21-23-25-27-29-31-33-34-36-37-39-41-43-45-47-49-51-53-56-59-62-68(71)74-65-66(64-73-67(70)61-58-55-12-9-6-3)75-69(72)63-60-57-54-52-50-48-46-44-42-40-38-35-32-30-28-26-24-22-20-18-16-14-11-8-5-2/h7-8,10-11,15-18,21-24,27-30,33-35,38,42,44,48,50,66H,4-6,9,12-14,19-20,25-26,31-32,36-37,39-41,43,45-47,49,51-65H2,1-3H3/b10-7-,11-8-,17-15-,18-16-,23-21-,24-22-,29-27-,30-28-,34-33-,38-35-,44-42-,50-48-. The summed E-state index contributed by atoms with van der Waals surface area (Å²) in [4.78, 5) is 37.9. The fourth-order valence-corrected chi connectivity index (χ4v) is 7.86. The topological polar surface area (TPSA) is 78.9 Å². The maximum absolute atomic E-state index is 12.8. The average Bonchev–Trinajstić information content (AvgIpc) is 3.41. The number of allylic oxidation sites excluding steroid dienone is 24. The number of hydrogen-bond acceptors (Lipinski definition) is 6. The van der Waals surface area contributed by atoms with E-state index in [1.54, 1.807) is 0 Å². The Labute approximate surface area is 461 Å². The summed E-state index contributed by atoms with van der Waals surface area (Å²) in [5.41, 5.74) is 0. The zero-order valence-corrected chi connectivity index (χ0v) is 48.3. The molecular weight excluding hydrogens is 925 g/mol. The van der Waals surface area contributed by atoms with Crippen molar-refractivity contribution in [1.29, 1.82) is 0 Å². The fourth-order valence-electron chi connectivity index (χ4n) is 7.86. The Hall–Kier alpha value is -4.71. The van der Waals surface area contributed by atoms with Crippen molar-refractivity contribution in [2.75, 3.05) is 13.2 Å². The van der Waals surface area contributed by atoms with Crippen molar-refractivity contribution >= 4 is 17.9 Å². The van der Waals surface area contributed by atoms with E-state index in [2.05, 4.69) is 167 Å². The molecule has 0 saturated heterocycles. The van der Waals surface area contributed by atoms with Crippen molar-refractivity contribution in [3.63, 3.8) is 0 Å². The predicted molar refractivity (Wildman–Crippen MR) is 325 cm³/mol. The highest BCUT2D eigenvalue weighted by molar-refractivity contribution is 5.71. The molecule has 0 aliphatic rings. The van der Waals surface area contributed by atoms with Gasteiger partial charge in [0.2, 0.25) is 0 Å². The van der Waals surface area contributed by atoms with Gasteiger partial charge in [0.05, 0.1) is 0 Å². The van der Waals surface area contributed by atoms with Crippen molar-refractivity contribution in [2.24, 2.45) is 0 Å². The van der Waals surface area contributed by atoms with Crippen LogP contribution in [0.15, 0.2) is 146 Å². The Morgan fingerprint density at radius 3 is 0.827 bits per heavy atom. The molecule has 0 fully saturated rings. The Bertz CT molecular complexity index is 1660. The summed E-state index contributed by atoms with van der Waals surface area (Å²) in [5, 5.41) is 0. The molecule has 6 heteroatoms. The van der Waals surface area contributed by atoms with E-state index in [9.17, 15) is 14.4 Å². The zero-order chi connectivity index (χ0) is 54.3. The van der Waals surface area contributed by atoms with Crippen LogP contribution in [0.4, 0.5) is 0 Å². The van der Waals surface area contributed by atoms with E-state index in [1.165, 1.54) is 57.8 Å². The van der Waals surface area contributed by atoms with Gasteiger partial charge in [0.25, 0.3) is 0 Å². The molecule has 0 aromatic heterocycles. The van der Waals surface area contributed by atoms with Gasteiger partial charge in [-0.15, -0.1) is 0 Å². The van der Waals surface area contributed by atoms with Gasteiger partial charge in [-0.3, -0.25) is 14.4 Å². The van der Waals surface area contributed by atoms with Crippen LogP contribution in [0.1, 0.15) is 252 Å². The summed E-state index contributed by atoms with van der Waals surface area (Å²) in [6.45, 7) is 6.29. The molecular formula is C69H110O6. The summed E-state index contributed by atoms with van der Waals surface area (Å²) in [6.07, 6.45) is 88.9. The minimum Gasteiger partial charge on any atom is -0.462 e. The molecule has 422 valence electrons. The van der Waals surface area contributed by atoms with Gasteiger partial charge in [0, 0.05) is 19.3 Å². The van der Waals surface area contributed by atoms with Crippen LogP contribution in [0.25, 0.3) is 0 Å². The Morgan fingerprint density at radius 1 is 0.280 bits per heavy atom. The van der Waals surface area contributed by atoms with E-state index in [4.69, 9.17) is 14.2 Å². The molecule has 0 bridgehead atoms. The lowest BCUT2D eigenvalue weighted by molar-refractivity contribution is -0.167. The van der Waals surface area contributed by atoms with Gasteiger partial charge in [-0.1, -0.05) is 256 Å². The molecule has 1 atom stereocenters. The van der Waals surface area contributed by atoms with E-state index in [-0.39, 0.29) is 37.5 Å². The van der Waals surface area contributed by atoms with E-state index in [1.807, 2.05) is 0 Å². The normalized spacial score (nSPS) is 13.2. The third-order valence-electron chi connectivity index (χ3n) is 12.3. The first-order valence-electron chi connectivity index (χ1n) is 30.3. The van der Waals surface area contributed by atoms with Crippen LogP contribution in [0, 0.1) is 0 Å². The maximum Gasteiger partial charge on any atom is 0.306 e. The van der Waals surface area contributed by atoms with Crippen LogP contribution < -0.4 is 0 Å². The number of ether oxygens (including phenoxy) is 3. The average molecular weight is 1040 g/mol. The van der Waals surface area contributed by atoms with E-state index >= 15 is 0 Å². The molecule has 0 radical (unpaired) electrons. The summed E-state index contributed by atoms with van der Waals surface area (Å²) in [5.74, 6) is -0.952.